The monoisotopic (exact) mass is 515 g/mol. The topological polar surface area (TPSA) is 117 Å². The molecule has 0 radical (unpaired) electrons. The maximum Gasteiger partial charge on any atom is 0.338 e. The third-order valence-corrected chi connectivity index (χ3v) is 6.88. The molecule has 4 aromatic rings. The lowest BCUT2D eigenvalue weighted by atomic mass is 9.96. The van der Waals surface area contributed by atoms with E-state index >= 15 is 0 Å². The van der Waals surface area contributed by atoms with Crippen LogP contribution in [0, 0.1) is 10.1 Å². The molecule has 1 aliphatic rings. The fraction of sp³-hybridized carbons (Fsp3) is 0.148. The maximum absolute atomic E-state index is 13.6. The highest BCUT2D eigenvalue weighted by Crippen LogP contribution is 2.32. The fourth-order valence-electron chi connectivity index (χ4n) is 4.29. The van der Waals surface area contributed by atoms with Crippen molar-refractivity contribution in [3.63, 3.8) is 0 Å². The predicted octanol–water partition coefficient (Wildman–Crippen LogP) is 3.97. The Morgan fingerprint density at radius 2 is 1.89 bits per heavy atom. The second-order valence-electron chi connectivity index (χ2n) is 8.19. The normalized spacial score (nSPS) is 15.3. The number of allylic oxidation sites excluding steroid dienone is 1. The van der Waals surface area contributed by atoms with Gasteiger partial charge in [-0.3, -0.25) is 19.5 Å². The van der Waals surface area contributed by atoms with E-state index in [2.05, 4.69) is 4.99 Å². The van der Waals surface area contributed by atoms with Crippen molar-refractivity contribution in [2.75, 3.05) is 6.61 Å². The van der Waals surface area contributed by atoms with E-state index in [1.165, 1.54) is 22.0 Å². The number of nitro groups is 1. The van der Waals surface area contributed by atoms with Gasteiger partial charge in [0, 0.05) is 12.1 Å². The first-order valence-corrected chi connectivity index (χ1v) is 12.3. The van der Waals surface area contributed by atoms with Crippen LogP contribution in [0.15, 0.2) is 92.2 Å². The fourth-order valence-corrected chi connectivity index (χ4v) is 5.31. The standard InChI is InChI=1S/C27H21N3O6S/c1-3-35-26(32)23-16(2)28-27-29(24(23)17-9-5-4-6-10-17)25(31)22(37-27)15-18-13-14-21(36-18)19-11-7-8-12-20(19)30(33)34/h4-15,24H,3H2,1-2H3/b22-15-/t24-/m0/s1. The number of nitrogens with zero attached hydrogens (tertiary/aromatic N) is 3. The molecule has 2 aromatic heterocycles. The van der Waals surface area contributed by atoms with Crippen LogP contribution in [0.25, 0.3) is 17.4 Å². The Morgan fingerprint density at radius 1 is 1.16 bits per heavy atom. The highest BCUT2D eigenvalue weighted by molar-refractivity contribution is 7.07. The third-order valence-electron chi connectivity index (χ3n) is 5.90. The van der Waals surface area contributed by atoms with Gasteiger partial charge in [0.25, 0.3) is 11.2 Å². The van der Waals surface area contributed by atoms with Crippen molar-refractivity contribution in [3.8, 4) is 11.3 Å². The molecule has 0 bridgehead atoms. The van der Waals surface area contributed by atoms with E-state index in [0.717, 1.165) is 5.56 Å². The predicted molar refractivity (Wildman–Crippen MR) is 138 cm³/mol. The molecule has 10 heteroatoms. The number of rotatable bonds is 6. The molecule has 1 atom stereocenters. The number of fused-ring (bicyclic) bond motifs is 1. The maximum atomic E-state index is 13.6. The number of para-hydroxylation sites is 1. The molecule has 186 valence electrons. The van der Waals surface area contributed by atoms with E-state index < -0.39 is 16.9 Å². The van der Waals surface area contributed by atoms with Crippen molar-refractivity contribution in [3.05, 3.63) is 119 Å². The molecule has 5 rings (SSSR count). The second-order valence-corrected chi connectivity index (χ2v) is 9.20. The van der Waals surface area contributed by atoms with Crippen LogP contribution < -0.4 is 14.9 Å². The summed E-state index contributed by atoms with van der Waals surface area (Å²) in [5.41, 5.74) is 1.47. The highest BCUT2D eigenvalue weighted by Gasteiger charge is 2.33. The number of carbonyl (C=O) groups excluding carboxylic acids is 1. The number of furan rings is 1. The molecule has 2 aromatic carbocycles. The van der Waals surface area contributed by atoms with Crippen LogP contribution >= 0.6 is 11.3 Å². The van der Waals surface area contributed by atoms with Gasteiger partial charge in [0.2, 0.25) is 0 Å². The summed E-state index contributed by atoms with van der Waals surface area (Å²) in [6, 6.07) is 18.1. The zero-order valence-corrected chi connectivity index (χ0v) is 20.7. The number of aromatic nitrogens is 1. The summed E-state index contributed by atoms with van der Waals surface area (Å²) in [6.07, 6.45) is 1.58. The van der Waals surface area contributed by atoms with Crippen molar-refractivity contribution >= 4 is 29.1 Å². The molecular formula is C27H21N3O6S. The molecule has 0 unspecified atom stereocenters. The third kappa shape index (κ3) is 4.43. The van der Waals surface area contributed by atoms with Crippen molar-refractivity contribution in [2.24, 2.45) is 4.99 Å². The summed E-state index contributed by atoms with van der Waals surface area (Å²) in [5.74, 6) is 0.150. The van der Waals surface area contributed by atoms with Gasteiger partial charge in [0.1, 0.15) is 11.5 Å². The molecule has 0 aliphatic carbocycles. The smallest absolute Gasteiger partial charge is 0.338 e. The summed E-state index contributed by atoms with van der Waals surface area (Å²) >= 11 is 1.17. The van der Waals surface area contributed by atoms with Crippen molar-refractivity contribution in [1.82, 2.24) is 4.57 Å². The van der Waals surface area contributed by atoms with Crippen LogP contribution in [-0.2, 0) is 9.53 Å². The molecule has 0 saturated carbocycles. The SMILES string of the molecule is CCOC(=O)C1=C(C)N=c2s/c(=C\c3ccc(-c4ccccc4[N+](=O)[O-])o3)c(=O)n2[C@H]1c1ccccc1. The van der Waals surface area contributed by atoms with Crippen LogP contribution in [-0.4, -0.2) is 22.1 Å². The first-order valence-electron chi connectivity index (χ1n) is 11.5. The Hall–Kier alpha value is -4.57. The van der Waals surface area contributed by atoms with E-state index in [4.69, 9.17) is 9.15 Å². The molecule has 9 nitrogen and oxygen atoms in total. The number of benzene rings is 2. The van der Waals surface area contributed by atoms with E-state index in [1.807, 2.05) is 30.3 Å². The van der Waals surface area contributed by atoms with Crippen LogP contribution in [0.2, 0.25) is 0 Å². The molecular weight excluding hydrogens is 494 g/mol. The zero-order valence-electron chi connectivity index (χ0n) is 19.9. The highest BCUT2D eigenvalue weighted by atomic mass is 32.1. The number of hydrogen-bond donors (Lipinski definition) is 0. The Kier molecular flexibility index (Phi) is 6.41. The lowest BCUT2D eigenvalue weighted by Gasteiger charge is -2.24. The average Bonchev–Trinajstić information content (AvgIpc) is 3.48. The quantitative estimate of drug-likeness (QED) is 0.218. The lowest BCUT2D eigenvalue weighted by molar-refractivity contribution is -0.384. The Labute approximate surface area is 214 Å². The average molecular weight is 516 g/mol. The van der Waals surface area contributed by atoms with Gasteiger partial charge in [-0.25, -0.2) is 9.79 Å². The Morgan fingerprint density at radius 3 is 2.62 bits per heavy atom. The van der Waals surface area contributed by atoms with E-state index in [1.54, 1.807) is 50.3 Å². The number of thiazole rings is 1. The first kappa shape index (κ1) is 24.1. The minimum absolute atomic E-state index is 0.0763. The van der Waals surface area contributed by atoms with Gasteiger partial charge in [-0.15, -0.1) is 0 Å². The van der Waals surface area contributed by atoms with Gasteiger partial charge in [0.15, 0.2) is 4.80 Å². The molecule has 37 heavy (non-hydrogen) atoms. The molecule has 0 N–H and O–H groups in total. The van der Waals surface area contributed by atoms with Crippen LogP contribution in [0.3, 0.4) is 0 Å². The molecule has 0 spiro atoms. The molecule has 0 fully saturated rings. The first-order chi connectivity index (χ1) is 17.9. The van der Waals surface area contributed by atoms with Crippen LogP contribution in [0.1, 0.15) is 31.2 Å². The molecule has 0 amide bonds. The summed E-state index contributed by atoms with van der Waals surface area (Å²) in [5, 5.41) is 11.4. The van der Waals surface area contributed by atoms with Crippen molar-refractivity contribution < 1.29 is 18.9 Å². The summed E-state index contributed by atoms with van der Waals surface area (Å²) in [7, 11) is 0. The minimum Gasteiger partial charge on any atom is -0.463 e. The van der Waals surface area contributed by atoms with Crippen LogP contribution in [0.4, 0.5) is 5.69 Å². The van der Waals surface area contributed by atoms with Gasteiger partial charge in [0.05, 0.1) is 38.9 Å². The summed E-state index contributed by atoms with van der Waals surface area (Å²) in [6.45, 7) is 3.65. The van der Waals surface area contributed by atoms with Gasteiger partial charge in [-0.2, -0.15) is 0 Å². The number of ether oxygens (including phenoxy) is 1. The number of esters is 1. The van der Waals surface area contributed by atoms with E-state index in [-0.39, 0.29) is 17.9 Å². The number of nitro benzene ring substituents is 1. The molecule has 1 aliphatic heterocycles. The summed E-state index contributed by atoms with van der Waals surface area (Å²) in [4.78, 5) is 42.5. The van der Waals surface area contributed by atoms with Gasteiger partial charge in [-0.05, 0) is 37.6 Å². The zero-order chi connectivity index (χ0) is 26.1. The van der Waals surface area contributed by atoms with Gasteiger partial charge >= 0.3 is 5.97 Å². The summed E-state index contributed by atoms with van der Waals surface area (Å²) < 4.78 is 13.0. The van der Waals surface area contributed by atoms with Gasteiger partial charge in [-0.1, -0.05) is 53.8 Å². The van der Waals surface area contributed by atoms with Gasteiger partial charge < -0.3 is 9.15 Å². The Bertz CT molecular complexity index is 1730. The lowest BCUT2D eigenvalue weighted by Crippen LogP contribution is -2.39. The molecule has 0 saturated heterocycles. The number of hydrogen-bond acceptors (Lipinski definition) is 8. The van der Waals surface area contributed by atoms with Crippen molar-refractivity contribution in [1.29, 1.82) is 0 Å². The number of carbonyl (C=O) groups is 1. The van der Waals surface area contributed by atoms with E-state index in [9.17, 15) is 19.7 Å². The molecule has 3 heterocycles. The minimum atomic E-state index is -0.696. The Balaban J connectivity index is 1.63. The van der Waals surface area contributed by atoms with E-state index in [0.29, 0.717) is 37.7 Å². The van der Waals surface area contributed by atoms with Crippen molar-refractivity contribution in [2.45, 2.75) is 19.9 Å². The van der Waals surface area contributed by atoms with Crippen LogP contribution in [0.5, 0.6) is 0 Å². The second kappa shape index (κ2) is 9.82. The largest absolute Gasteiger partial charge is 0.463 e.